The standard InChI is InChI=1S/C25H23N3O4/c1-16(26-18-8-3-5-12-22(18)29)14-24(31)20-10-7-11-21(28-20)25(32)15-17(2)27-19-9-4-6-13-23(19)30/h3-15,26-27,29-30H,1-2H3/b16-14-,17-15?. The molecule has 0 aliphatic heterocycles. The Bertz CT molecular complexity index is 1120. The van der Waals surface area contributed by atoms with Crippen molar-refractivity contribution in [2.75, 3.05) is 10.6 Å². The number of pyridine rings is 1. The fourth-order valence-electron chi connectivity index (χ4n) is 2.91. The van der Waals surface area contributed by atoms with Gasteiger partial charge in [0.25, 0.3) is 0 Å². The van der Waals surface area contributed by atoms with Crippen LogP contribution in [0.4, 0.5) is 11.4 Å². The highest BCUT2D eigenvalue weighted by molar-refractivity contribution is 6.07. The first kappa shape index (κ1) is 22.3. The van der Waals surface area contributed by atoms with Crippen LogP contribution in [-0.2, 0) is 0 Å². The van der Waals surface area contributed by atoms with Gasteiger partial charge in [-0.2, -0.15) is 0 Å². The Morgan fingerprint density at radius 1 is 0.688 bits per heavy atom. The molecule has 0 spiro atoms. The molecule has 2 aromatic carbocycles. The molecule has 0 fully saturated rings. The predicted octanol–water partition coefficient (Wildman–Crippen LogP) is 4.89. The summed E-state index contributed by atoms with van der Waals surface area (Å²) >= 11 is 0. The largest absolute Gasteiger partial charge is 0.506 e. The number of benzene rings is 2. The minimum Gasteiger partial charge on any atom is -0.506 e. The molecule has 7 nitrogen and oxygen atoms in total. The highest BCUT2D eigenvalue weighted by Crippen LogP contribution is 2.24. The molecule has 4 N–H and O–H groups in total. The third-order valence-corrected chi connectivity index (χ3v) is 4.42. The third-order valence-electron chi connectivity index (χ3n) is 4.42. The second-order valence-electron chi connectivity index (χ2n) is 7.08. The zero-order valence-electron chi connectivity index (χ0n) is 17.7. The number of carbonyl (C=O) groups excluding carboxylic acids is 2. The van der Waals surface area contributed by atoms with Crippen molar-refractivity contribution in [3.8, 4) is 11.5 Å². The zero-order chi connectivity index (χ0) is 23.1. The van der Waals surface area contributed by atoms with Crippen molar-refractivity contribution in [2.24, 2.45) is 0 Å². The van der Waals surface area contributed by atoms with Gasteiger partial charge in [-0.1, -0.05) is 30.3 Å². The summed E-state index contributed by atoms with van der Waals surface area (Å²) in [5.41, 5.74) is 2.21. The van der Waals surface area contributed by atoms with E-state index in [2.05, 4.69) is 15.6 Å². The number of para-hydroxylation sites is 4. The minimum absolute atomic E-state index is 0.0676. The molecule has 0 saturated heterocycles. The maximum absolute atomic E-state index is 12.6. The number of phenolic OH excluding ortho intramolecular Hbond substituents is 2. The number of aromatic hydroxyl groups is 2. The zero-order valence-corrected chi connectivity index (χ0v) is 17.7. The maximum Gasteiger partial charge on any atom is 0.205 e. The molecule has 0 atom stereocenters. The average molecular weight is 429 g/mol. The van der Waals surface area contributed by atoms with Crippen LogP contribution in [0.5, 0.6) is 11.5 Å². The van der Waals surface area contributed by atoms with Crippen LogP contribution >= 0.6 is 0 Å². The molecule has 0 unspecified atom stereocenters. The van der Waals surface area contributed by atoms with Crippen molar-refractivity contribution < 1.29 is 19.8 Å². The minimum atomic E-state index is -0.381. The second-order valence-corrected chi connectivity index (χ2v) is 7.08. The highest BCUT2D eigenvalue weighted by Gasteiger charge is 2.11. The van der Waals surface area contributed by atoms with E-state index in [1.807, 2.05) is 0 Å². The number of hydrogen-bond acceptors (Lipinski definition) is 7. The number of carbonyl (C=O) groups is 2. The van der Waals surface area contributed by atoms with Crippen LogP contribution in [0.3, 0.4) is 0 Å². The summed E-state index contributed by atoms with van der Waals surface area (Å²) in [6.45, 7) is 3.38. The summed E-state index contributed by atoms with van der Waals surface area (Å²) in [6, 6.07) is 18.0. The Kier molecular flexibility index (Phi) is 7.02. The molecule has 1 heterocycles. The van der Waals surface area contributed by atoms with E-state index in [1.54, 1.807) is 56.3 Å². The Hall–Kier alpha value is -4.39. The smallest absolute Gasteiger partial charge is 0.205 e. The van der Waals surface area contributed by atoms with E-state index in [1.165, 1.54) is 36.4 Å². The van der Waals surface area contributed by atoms with Gasteiger partial charge in [0.15, 0.2) is 0 Å². The van der Waals surface area contributed by atoms with Gasteiger partial charge in [0.1, 0.15) is 22.9 Å². The summed E-state index contributed by atoms with van der Waals surface area (Å²) in [5, 5.41) is 25.6. The van der Waals surface area contributed by atoms with Gasteiger partial charge in [0, 0.05) is 23.5 Å². The molecule has 7 heteroatoms. The van der Waals surface area contributed by atoms with Crippen LogP contribution in [0.1, 0.15) is 34.8 Å². The van der Waals surface area contributed by atoms with Crippen LogP contribution < -0.4 is 10.6 Å². The molecule has 0 aliphatic carbocycles. The molecule has 0 saturated carbocycles. The molecule has 0 radical (unpaired) electrons. The second kappa shape index (κ2) is 10.1. The Labute approximate surface area is 185 Å². The fraction of sp³-hybridized carbons (Fsp3) is 0.0800. The average Bonchev–Trinajstić information content (AvgIpc) is 2.77. The lowest BCUT2D eigenvalue weighted by Gasteiger charge is -2.08. The number of anilines is 2. The molecule has 0 amide bonds. The van der Waals surface area contributed by atoms with Crippen LogP contribution in [0.2, 0.25) is 0 Å². The number of hydrogen-bond donors (Lipinski definition) is 4. The van der Waals surface area contributed by atoms with Crippen molar-refractivity contribution in [1.29, 1.82) is 0 Å². The topological polar surface area (TPSA) is 112 Å². The van der Waals surface area contributed by atoms with Crippen LogP contribution in [-0.4, -0.2) is 26.8 Å². The Balaban J connectivity index is 1.72. The first-order valence-corrected chi connectivity index (χ1v) is 9.86. The summed E-state index contributed by atoms with van der Waals surface area (Å²) in [4.78, 5) is 29.4. The summed E-state index contributed by atoms with van der Waals surface area (Å²) < 4.78 is 0. The predicted molar refractivity (Wildman–Crippen MR) is 124 cm³/mol. The lowest BCUT2D eigenvalue weighted by atomic mass is 10.1. The summed E-state index contributed by atoms with van der Waals surface area (Å²) in [5.74, 6) is -0.628. The first-order valence-electron chi connectivity index (χ1n) is 9.86. The van der Waals surface area contributed by atoms with E-state index in [9.17, 15) is 19.8 Å². The van der Waals surface area contributed by atoms with Gasteiger partial charge in [0.05, 0.1) is 11.4 Å². The van der Waals surface area contributed by atoms with Gasteiger partial charge in [-0.15, -0.1) is 0 Å². The van der Waals surface area contributed by atoms with Crippen molar-refractivity contribution in [3.05, 3.63) is 102 Å². The molecular weight excluding hydrogens is 406 g/mol. The van der Waals surface area contributed by atoms with Crippen LogP contribution in [0.15, 0.2) is 90.3 Å². The Morgan fingerprint density at radius 2 is 1.09 bits per heavy atom. The third kappa shape index (κ3) is 5.82. The first-order chi connectivity index (χ1) is 15.3. The lowest BCUT2D eigenvalue weighted by molar-refractivity contribution is 0.103. The number of nitrogens with zero attached hydrogens (tertiary/aromatic N) is 1. The summed E-state index contributed by atoms with van der Waals surface area (Å²) in [6.07, 6.45) is 2.70. The molecule has 3 rings (SSSR count). The van der Waals surface area contributed by atoms with Gasteiger partial charge in [0.2, 0.25) is 11.6 Å². The van der Waals surface area contributed by atoms with E-state index in [0.717, 1.165) is 0 Å². The molecule has 3 aromatic rings. The Morgan fingerprint density at radius 3 is 1.50 bits per heavy atom. The monoisotopic (exact) mass is 429 g/mol. The highest BCUT2D eigenvalue weighted by atomic mass is 16.3. The summed E-state index contributed by atoms with van der Waals surface area (Å²) in [7, 11) is 0. The number of nitrogens with one attached hydrogen (secondary N) is 2. The van der Waals surface area contributed by atoms with Crippen molar-refractivity contribution in [2.45, 2.75) is 13.8 Å². The van der Waals surface area contributed by atoms with Gasteiger partial charge >= 0.3 is 0 Å². The van der Waals surface area contributed by atoms with E-state index in [0.29, 0.717) is 22.8 Å². The molecule has 0 bridgehead atoms. The molecule has 1 aromatic heterocycles. The van der Waals surface area contributed by atoms with Crippen LogP contribution in [0, 0.1) is 0 Å². The van der Waals surface area contributed by atoms with Crippen molar-refractivity contribution in [3.63, 3.8) is 0 Å². The number of allylic oxidation sites excluding steroid dienone is 4. The van der Waals surface area contributed by atoms with Gasteiger partial charge < -0.3 is 20.8 Å². The fourth-order valence-corrected chi connectivity index (χ4v) is 2.91. The number of rotatable bonds is 8. The van der Waals surface area contributed by atoms with E-state index in [-0.39, 0.29) is 34.5 Å². The molecule has 32 heavy (non-hydrogen) atoms. The molecule has 162 valence electrons. The lowest BCUT2D eigenvalue weighted by Crippen LogP contribution is -2.08. The van der Waals surface area contributed by atoms with E-state index >= 15 is 0 Å². The van der Waals surface area contributed by atoms with E-state index < -0.39 is 0 Å². The molecular formula is C25H23N3O4. The van der Waals surface area contributed by atoms with Crippen molar-refractivity contribution >= 4 is 22.9 Å². The van der Waals surface area contributed by atoms with Gasteiger partial charge in [-0.05, 0) is 50.2 Å². The van der Waals surface area contributed by atoms with Gasteiger partial charge in [-0.3, -0.25) is 9.59 Å². The van der Waals surface area contributed by atoms with Crippen LogP contribution in [0.25, 0.3) is 0 Å². The van der Waals surface area contributed by atoms with Crippen molar-refractivity contribution in [1.82, 2.24) is 4.98 Å². The maximum atomic E-state index is 12.6. The van der Waals surface area contributed by atoms with E-state index in [4.69, 9.17) is 0 Å². The normalized spacial score (nSPS) is 11.7. The number of ketones is 2. The quantitative estimate of drug-likeness (QED) is 0.229. The molecule has 0 aliphatic rings. The number of aromatic nitrogens is 1. The number of phenols is 2. The SMILES string of the molecule is CC(=CC(=O)c1cccc(C(=O)/C=C(/C)Nc2ccccc2O)n1)Nc1ccccc1O. The van der Waals surface area contributed by atoms with Gasteiger partial charge in [-0.25, -0.2) is 4.98 Å².